The van der Waals surface area contributed by atoms with Crippen LogP contribution >= 0.6 is 0 Å². The molecule has 0 aliphatic rings. The molecule has 2 rings (SSSR count). The average molecular weight is 418 g/mol. The molecule has 0 saturated heterocycles. The maximum atomic E-state index is 12.7. The van der Waals surface area contributed by atoms with Gasteiger partial charge in [0.1, 0.15) is 11.7 Å². The van der Waals surface area contributed by atoms with Crippen molar-refractivity contribution in [2.45, 2.75) is 53.5 Å². The third kappa shape index (κ3) is 4.44. The van der Waals surface area contributed by atoms with Gasteiger partial charge in [0.25, 0.3) is 5.56 Å². The summed E-state index contributed by atoms with van der Waals surface area (Å²) in [6.45, 7) is 9.22. The maximum Gasteiger partial charge on any atom is 0.332 e. The summed E-state index contributed by atoms with van der Waals surface area (Å²) < 4.78 is 7.43. The lowest BCUT2D eigenvalue weighted by Crippen LogP contribution is -2.45. The number of nitrogens with one attached hydrogen (secondary N) is 1. The second-order valence-electron chi connectivity index (χ2n) is 7.75. The summed E-state index contributed by atoms with van der Waals surface area (Å²) >= 11 is 0. The molecule has 2 aromatic heterocycles. The molecular weight excluding hydrogens is 388 g/mol. The first-order chi connectivity index (χ1) is 14.0. The SMILES string of the molecule is CCOC(=O)C(NC(=O)CCc1c(C)nc2c(c1C)c(=O)n(C)c(=O)n2C)C(C)C. The van der Waals surface area contributed by atoms with Gasteiger partial charge in [-0.15, -0.1) is 0 Å². The average Bonchev–Trinajstić information content (AvgIpc) is 2.68. The van der Waals surface area contributed by atoms with Gasteiger partial charge in [-0.3, -0.25) is 18.7 Å². The van der Waals surface area contributed by atoms with Crippen LogP contribution in [0.15, 0.2) is 9.59 Å². The minimum Gasteiger partial charge on any atom is -0.464 e. The van der Waals surface area contributed by atoms with Crippen LogP contribution in [-0.2, 0) is 34.8 Å². The molecule has 9 nitrogen and oxygen atoms in total. The van der Waals surface area contributed by atoms with Gasteiger partial charge >= 0.3 is 11.7 Å². The number of aryl methyl sites for hydroxylation is 3. The first-order valence-corrected chi connectivity index (χ1v) is 10.0. The van der Waals surface area contributed by atoms with Gasteiger partial charge in [-0.1, -0.05) is 13.8 Å². The highest BCUT2D eigenvalue weighted by molar-refractivity contribution is 5.85. The molecule has 0 bridgehead atoms. The lowest BCUT2D eigenvalue weighted by Gasteiger charge is -2.21. The van der Waals surface area contributed by atoms with Crippen molar-refractivity contribution in [1.82, 2.24) is 19.4 Å². The van der Waals surface area contributed by atoms with E-state index < -0.39 is 23.3 Å². The summed E-state index contributed by atoms with van der Waals surface area (Å²) in [6.07, 6.45) is 0.482. The molecule has 1 N–H and O–H groups in total. The number of rotatable bonds is 7. The van der Waals surface area contributed by atoms with Gasteiger partial charge in [0, 0.05) is 26.2 Å². The first-order valence-electron chi connectivity index (χ1n) is 10.0. The van der Waals surface area contributed by atoms with E-state index in [2.05, 4.69) is 10.3 Å². The molecule has 0 aromatic carbocycles. The third-order valence-electron chi connectivity index (χ3n) is 5.30. The number of carbonyl (C=O) groups is 2. The summed E-state index contributed by atoms with van der Waals surface area (Å²) in [5.74, 6) is -0.845. The van der Waals surface area contributed by atoms with Crippen molar-refractivity contribution in [3.8, 4) is 0 Å². The van der Waals surface area contributed by atoms with Crippen molar-refractivity contribution in [1.29, 1.82) is 0 Å². The smallest absolute Gasteiger partial charge is 0.332 e. The number of pyridine rings is 1. The predicted octanol–water partition coefficient (Wildman–Crippen LogP) is 0.886. The quantitative estimate of drug-likeness (QED) is 0.668. The Morgan fingerprint density at radius 1 is 1.13 bits per heavy atom. The molecule has 164 valence electrons. The van der Waals surface area contributed by atoms with Crippen LogP contribution < -0.4 is 16.6 Å². The van der Waals surface area contributed by atoms with Crippen molar-refractivity contribution in [2.24, 2.45) is 20.0 Å². The number of carbonyl (C=O) groups excluding carboxylic acids is 2. The van der Waals surface area contributed by atoms with Gasteiger partial charge in [-0.05, 0) is 44.2 Å². The van der Waals surface area contributed by atoms with Crippen molar-refractivity contribution in [3.05, 3.63) is 37.7 Å². The molecule has 1 unspecified atom stereocenters. The number of fused-ring (bicyclic) bond motifs is 1. The minimum absolute atomic E-state index is 0.108. The van der Waals surface area contributed by atoms with Crippen molar-refractivity contribution < 1.29 is 14.3 Å². The molecule has 0 aliphatic heterocycles. The largest absolute Gasteiger partial charge is 0.464 e. The molecule has 30 heavy (non-hydrogen) atoms. The summed E-state index contributed by atoms with van der Waals surface area (Å²) in [4.78, 5) is 53.9. The van der Waals surface area contributed by atoms with E-state index in [4.69, 9.17) is 4.74 Å². The van der Waals surface area contributed by atoms with Crippen LogP contribution in [0.2, 0.25) is 0 Å². The van der Waals surface area contributed by atoms with E-state index >= 15 is 0 Å². The highest BCUT2D eigenvalue weighted by atomic mass is 16.5. The monoisotopic (exact) mass is 418 g/mol. The Kier molecular flexibility index (Phi) is 7.17. The van der Waals surface area contributed by atoms with E-state index in [-0.39, 0.29) is 24.9 Å². The topological polar surface area (TPSA) is 112 Å². The Morgan fingerprint density at radius 2 is 1.77 bits per heavy atom. The molecule has 0 radical (unpaired) electrons. The molecule has 9 heteroatoms. The summed E-state index contributed by atoms with van der Waals surface area (Å²) in [5.41, 5.74) is 1.61. The zero-order valence-corrected chi connectivity index (χ0v) is 18.7. The number of ether oxygens (including phenoxy) is 1. The van der Waals surface area contributed by atoms with Crippen molar-refractivity contribution >= 4 is 22.9 Å². The Balaban J connectivity index is 2.32. The van der Waals surface area contributed by atoms with E-state index in [0.717, 1.165) is 10.1 Å². The first kappa shape index (κ1) is 23.3. The highest BCUT2D eigenvalue weighted by Gasteiger charge is 2.25. The van der Waals surface area contributed by atoms with E-state index in [1.807, 2.05) is 13.8 Å². The maximum absolute atomic E-state index is 12.7. The molecule has 0 spiro atoms. The highest BCUT2D eigenvalue weighted by Crippen LogP contribution is 2.20. The number of amides is 1. The zero-order valence-electron chi connectivity index (χ0n) is 18.7. The van der Waals surface area contributed by atoms with Crippen LogP contribution in [0.4, 0.5) is 0 Å². The lowest BCUT2D eigenvalue weighted by molar-refractivity contribution is -0.148. The lowest BCUT2D eigenvalue weighted by atomic mass is 9.99. The predicted molar refractivity (Wildman–Crippen MR) is 113 cm³/mol. The van der Waals surface area contributed by atoms with Gasteiger partial charge in [0.2, 0.25) is 5.91 Å². The number of hydrogen-bond acceptors (Lipinski definition) is 6. The van der Waals surface area contributed by atoms with E-state index in [9.17, 15) is 19.2 Å². The van der Waals surface area contributed by atoms with Gasteiger partial charge in [-0.2, -0.15) is 0 Å². The Bertz CT molecular complexity index is 1100. The Morgan fingerprint density at radius 3 is 2.33 bits per heavy atom. The van der Waals surface area contributed by atoms with Gasteiger partial charge in [0.15, 0.2) is 0 Å². The summed E-state index contributed by atoms with van der Waals surface area (Å²) in [5, 5.41) is 3.11. The third-order valence-corrected chi connectivity index (χ3v) is 5.30. The van der Waals surface area contributed by atoms with Crippen LogP contribution in [0, 0.1) is 19.8 Å². The molecular formula is C21H30N4O5. The molecule has 1 atom stereocenters. The second-order valence-corrected chi connectivity index (χ2v) is 7.75. The molecule has 0 saturated carbocycles. The standard InChI is InChI=1S/C21H30N4O5/c1-8-30-20(28)17(11(2)3)23-15(26)10-9-14-12(4)16-18(22-13(14)5)24(6)21(29)25(7)19(16)27/h11,17H,8-10H2,1-7H3,(H,23,26). The van der Waals surface area contributed by atoms with Gasteiger partial charge in [0.05, 0.1) is 12.0 Å². The number of hydrogen-bond donors (Lipinski definition) is 1. The fourth-order valence-electron chi connectivity index (χ4n) is 3.52. The number of aromatic nitrogens is 3. The normalized spacial score (nSPS) is 12.3. The molecule has 1 amide bonds. The summed E-state index contributed by atoms with van der Waals surface area (Å²) in [6, 6.07) is -0.712. The van der Waals surface area contributed by atoms with Crippen molar-refractivity contribution in [2.75, 3.05) is 6.61 Å². The minimum atomic E-state index is -0.712. The van der Waals surface area contributed by atoms with Crippen LogP contribution in [0.5, 0.6) is 0 Å². The van der Waals surface area contributed by atoms with Gasteiger partial charge in [-0.25, -0.2) is 14.6 Å². The van der Waals surface area contributed by atoms with Crippen molar-refractivity contribution in [3.63, 3.8) is 0 Å². The Hall–Kier alpha value is -2.97. The van der Waals surface area contributed by atoms with Crippen LogP contribution in [0.3, 0.4) is 0 Å². The van der Waals surface area contributed by atoms with E-state index in [0.29, 0.717) is 28.7 Å². The van der Waals surface area contributed by atoms with Crippen LogP contribution in [0.1, 0.15) is 44.0 Å². The van der Waals surface area contributed by atoms with E-state index in [1.165, 1.54) is 11.6 Å². The van der Waals surface area contributed by atoms with Crippen LogP contribution in [-0.4, -0.2) is 38.6 Å². The fourth-order valence-corrected chi connectivity index (χ4v) is 3.52. The Labute approximate surface area is 175 Å². The number of esters is 1. The molecule has 0 fully saturated rings. The van der Waals surface area contributed by atoms with Crippen LogP contribution in [0.25, 0.3) is 11.0 Å². The zero-order chi connectivity index (χ0) is 22.7. The summed E-state index contributed by atoms with van der Waals surface area (Å²) in [7, 11) is 3.00. The fraction of sp³-hybridized carbons (Fsp3) is 0.571. The number of nitrogens with zero attached hydrogens (tertiary/aromatic N) is 3. The van der Waals surface area contributed by atoms with Gasteiger partial charge < -0.3 is 10.1 Å². The van der Waals surface area contributed by atoms with E-state index in [1.54, 1.807) is 27.8 Å². The second kappa shape index (κ2) is 9.23. The molecule has 2 aromatic rings. The molecule has 2 heterocycles. The molecule has 0 aliphatic carbocycles.